The zero-order chi connectivity index (χ0) is 13.3. The second-order valence-electron chi connectivity index (χ2n) is 6.19. The molecule has 3 rings (SSSR count). The lowest BCUT2D eigenvalue weighted by Crippen LogP contribution is -2.46. The second kappa shape index (κ2) is 5.12. The largest absolute Gasteiger partial charge is 0.379 e. The highest BCUT2D eigenvalue weighted by atomic mass is 19.1. The molecule has 0 radical (unpaired) electrons. The fourth-order valence-electron chi connectivity index (χ4n) is 3.38. The van der Waals surface area contributed by atoms with Crippen LogP contribution in [-0.4, -0.2) is 24.3 Å². The minimum absolute atomic E-state index is 0.0892. The predicted octanol–water partition coefficient (Wildman–Crippen LogP) is 3.28. The number of nitrogens with one attached hydrogen (secondary N) is 2. The molecule has 1 aromatic carbocycles. The highest BCUT2D eigenvalue weighted by Crippen LogP contribution is 2.35. The van der Waals surface area contributed by atoms with E-state index in [9.17, 15) is 0 Å². The third-order valence-corrected chi connectivity index (χ3v) is 4.56. The first-order chi connectivity index (χ1) is 9.15. The van der Waals surface area contributed by atoms with Crippen molar-refractivity contribution in [3.05, 3.63) is 29.8 Å². The van der Waals surface area contributed by atoms with Crippen LogP contribution in [0.3, 0.4) is 0 Å². The van der Waals surface area contributed by atoms with Crippen molar-refractivity contribution in [2.75, 3.05) is 11.9 Å². The molecular weight excluding hydrogens is 239 g/mol. The van der Waals surface area contributed by atoms with Gasteiger partial charge in [0.2, 0.25) is 0 Å². The lowest BCUT2D eigenvalue weighted by Gasteiger charge is -2.33. The Morgan fingerprint density at radius 1 is 1.32 bits per heavy atom. The predicted molar refractivity (Wildman–Crippen MR) is 77.3 cm³/mol. The first kappa shape index (κ1) is 12.9. The van der Waals surface area contributed by atoms with Crippen molar-refractivity contribution >= 4 is 5.69 Å². The van der Waals surface area contributed by atoms with Gasteiger partial charge in [0.15, 0.2) is 0 Å². The number of alkyl halides is 1. The van der Waals surface area contributed by atoms with Gasteiger partial charge in [-0.1, -0.05) is 24.6 Å². The number of para-hydroxylation sites is 1. The molecule has 0 amide bonds. The molecular formula is C16H23FN2. The highest BCUT2D eigenvalue weighted by molar-refractivity contribution is 5.57. The van der Waals surface area contributed by atoms with E-state index in [1.165, 1.54) is 18.4 Å². The number of piperidine rings is 1. The quantitative estimate of drug-likeness (QED) is 0.873. The number of hydrogen-bond donors (Lipinski definition) is 2. The average molecular weight is 262 g/mol. The lowest BCUT2D eigenvalue weighted by molar-refractivity contribution is 0.123. The number of anilines is 1. The topological polar surface area (TPSA) is 24.1 Å². The summed E-state index contributed by atoms with van der Waals surface area (Å²) in [7, 11) is 0. The zero-order valence-corrected chi connectivity index (χ0v) is 11.6. The van der Waals surface area contributed by atoms with Crippen LogP contribution in [0.25, 0.3) is 0 Å². The van der Waals surface area contributed by atoms with Crippen LogP contribution >= 0.6 is 0 Å². The molecule has 104 valence electrons. The number of rotatable bonds is 3. The van der Waals surface area contributed by atoms with Gasteiger partial charge in [-0.15, -0.1) is 0 Å². The molecule has 3 atom stereocenters. The Bertz CT molecular complexity index is 413. The van der Waals surface area contributed by atoms with E-state index in [2.05, 4.69) is 16.7 Å². The summed E-state index contributed by atoms with van der Waals surface area (Å²) in [5.74, 6) is 0. The first-order valence-corrected chi connectivity index (χ1v) is 7.42. The molecule has 2 N–H and O–H groups in total. The Labute approximate surface area is 114 Å². The van der Waals surface area contributed by atoms with Crippen LogP contribution in [0.1, 0.15) is 38.2 Å². The van der Waals surface area contributed by atoms with Crippen LogP contribution in [0.4, 0.5) is 10.1 Å². The second-order valence-corrected chi connectivity index (χ2v) is 6.19. The molecule has 0 aromatic heterocycles. The Kier molecular flexibility index (Phi) is 3.48. The van der Waals surface area contributed by atoms with Crippen molar-refractivity contribution in [2.24, 2.45) is 0 Å². The van der Waals surface area contributed by atoms with Gasteiger partial charge in [0.1, 0.15) is 5.67 Å². The smallest absolute Gasteiger partial charge is 0.130 e. The molecule has 2 aliphatic rings. The molecule has 19 heavy (non-hydrogen) atoms. The van der Waals surface area contributed by atoms with Crippen molar-refractivity contribution in [3.63, 3.8) is 0 Å². The number of halogens is 1. The molecule has 0 bridgehead atoms. The summed E-state index contributed by atoms with van der Waals surface area (Å²) in [6.45, 7) is 2.80. The summed E-state index contributed by atoms with van der Waals surface area (Å²) >= 11 is 0. The molecule has 2 nitrogen and oxygen atoms in total. The number of benzene rings is 1. The van der Waals surface area contributed by atoms with Gasteiger partial charge >= 0.3 is 0 Å². The summed E-state index contributed by atoms with van der Waals surface area (Å²) in [6, 6.07) is 8.43. The van der Waals surface area contributed by atoms with Gasteiger partial charge < -0.3 is 10.6 Å². The molecule has 1 saturated heterocycles. The van der Waals surface area contributed by atoms with E-state index < -0.39 is 5.67 Å². The van der Waals surface area contributed by atoms with Crippen molar-refractivity contribution in [3.8, 4) is 0 Å². The average Bonchev–Trinajstić information content (AvgIpc) is 2.84. The normalized spacial score (nSPS) is 29.4. The molecule has 0 aliphatic carbocycles. The summed E-state index contributed by atoms with van der Waals surface area (Å²) in [6.07, 6.45) is 4.98. The van der Waals surface area contributed by atoms with E-state index in [0.29, 0.717) is 12.5 Å². The minimum Gasteiger partial charge on any atom is -0.379 e. The molecule has 2 aliphatic heterocycles. The monoisotopic (exact) mass is 262 g/mol. The number of hydrogen-bond acceptors (Lipinski definition) is 2. The van der Waals surface area contributed by atoms with E-state index in [4.69, 9.17) is 0 Å². The minimum atomic E-state index is -1.16. The Balaban J connectivity index is 1.65. The Hall–Kier alpha value is -1.09. The SMILES string of the molecule is CC(F)(CC1CCCCN1)C1Cc2ccccc2N1. The molecule has 0 spiro atoms. The van der Waals surface area contributed by atoms with E-state index in [0.717, 1.165) is 25.1 Å². The van der Waals surface area contributed by atoms with E-state index in [1.807, 2.05) is 18.2 Å². The van der Waals surface area contributed by atoms with Gasteiger partial charge in [-0.3, -0.25) is 0 Å². The maximum absolute atomic E-state index is 15.0. The van der Waals surface area contributed by atoms with Crippen molar-refractivity contribution in [2.45, 2.75) is 56.8 Å². The molecule has 3 heteroatoms. The Morgan fingerprint density at radius 3 is 2.89 bits per heavy atom. The van der Waals surface area contributed by atoms with Crippen LogP contribution in [0.5, 0.6) is 0 Å². The van der Waals surface area contributed by atoms with Gasteiger partial charge in [0.25, 0.3) is 0 Å². The number of fused-ring (bicyclic) bond motifs is 1. The zero-order valence-electron chi connectivity index (χ0n) is 11.6. The van der Waals surface area contributed by atoms with Crippen molar-refractivity contribution in [1.29, 1.82) is 0 Å². The third kappa shape index (κ3) is 2.76. The molecule has 2 heterocycles. The maximum Gasteiger partial charge on any atom is 0.130 e. The fourth-order valence-corrected chi connectivity index (χ4v) is 3.38. The van der Waals surface area contributed by atoms with Crippen molar-refractivity contribution in [1.82, 2.24) is 5.32 Å². The lowest BCUT2D eigenvalue weighted by atomic mass is 9.86. The van der Waals surface area contributed by atoms with E-state index in [-0.39, 0.29) is 6.04 Å². The van der Waals surface area contributed by atoms with Gasteiger partial charge in [-0.05, 0) is 50.8 Å². The first-order valence-electron chi connectivity index (χ1n) is 7.42. The van der Waals surface area contributed by atoms with Gasteiger partial charge in [-0.2, -0.15) is 0 Å². The molecule has 3 unspecified atom stereocenters. The molecule has 1 fully saturated rings. The van der Waals surface area contributed by atoms with Crippen molar-refractivity contribution < 1.29 is 4.39 Å². The summed E-state index contributed by atoms with van der Waals surface area (Å²) in [5.41, 5.74) is 1.19. The molecule has 0 saturated carbocycles. The Morgan fingerprint density at radius 2 is 2.16 bits per heavy atom. The standard InChI is InChI=1S/C16H23FN2/c1-16(17,11-13-7-4-5-9-18-13)15-10-12-6-2-3-8-14(12)19-15/h2-3,6,8,13,15,18-19H,4-5,7,9-11H2,1H3. The summed E-state index contributed by atoms with van der Waals surface area (Å²) < 4.78 is 15.0. The van der Waals surface area contributed by atoms with Crippen LogP contribution in [0, 0.1) is 0 Å². The van der Waals surface area contributed by atoms with Gasteiger partial charge in [-0.25, -0.2) is 4.39 Å². The summed E-state index contributed by atoms with van der Waals surface area (Å²) in [4.78, 5) is 0. The van der Waals surface area contributed by atoms with Gasteiger partial charge in [0.05, 0.1) is 6.04 Å². The van der Waals surface area contributed by atoms with Crippen LogP contribution in [0.15, 0.2) is 24.3 Å². The van der Waals surface area contributed by atoms with Gasteiger partial charge in [0, 0.05) is 11.7 Å². The van der Waals surface area contributed by atoms with Crippen LogP contribution in [-0.2, 0) is 6.42 Å². The fraction of sp³-hybridized carbons (Fsp3) is 0.625. The maximum atomic E-state index is 15.0. The summed E-state index contributed by atoms with van der Waals surface area (Å²) in [5, 5.41) is 6.81. The van der Waals surface area contributed by atoms with Crippen LogP contribution < -0.4 is 10.6 Å². The van der Waals surface area contributed by atoms with E-state index >= 15 is 4.39 Å². The van der Waals surface area contributed by atoms with Crippen LogP contribution in [0.2, 0.25) is 0 Å². The molecule has 1 aromatic rings. The third-order valence-electron chi connectivity index (χ3n) is 4.56. The van der Waals surface area contributed by atoms with E-state index in [1.54, 1.807) is 6.92 Å². The highest BCUT2D eigenvalue weighted by Gasteiger charge is 2.39.